The van der Waals surface area contributed by atoms with Gasteiger partial charge in [0.2, 0.25) is 0 Å². The van der Waals surface area contributed by atoms with Crippen molar-refractivity contribution in [1.29, 1.82) is 0 Å². The second-order valence-electron chi connectivity index (χ2n) is 5.56. The number of carboxylic acid groups (broad SMARTS) is 1. The summed E-state index contributed by atoms with van der Waals surface area (Å²) in [6.45, 7) is 2.13. The molecule has 0 aliphatic heterocycles. The van der Waals surface area contributed by atoms with E-state index in [0.717, 1.165) is 5.69 Å². The largest absolute Gasteiger partial charge is 0.478 e. The molecule has 0 radical (unpaired) electrons. The molecule has 1 unspecified atom stereocenters. The number of hydrogen-bond acceptors (Lipinski definition) is 3. The molecule has 1 aliphatic rings. The van der Waals surface area contributed by atoms with E-state index >= 15 is 0 Å². The van der Waals surface area contributed by atoms with Gasteiger partial charge in [-0.05, 0) is 62.4 Å². The quantitative estimate of drug-likeness (QED) is 0.874. The van der Waals surface area contributed by atoms with Crippen LogP contribution in [0, 0.1) is 0 Å². The van der Waals surface area contributed by atoms with Crippen molar-refractivity contribution in [1.82, 2.24) is 0 Å². The predicted molar refractivity (Wildman–Crippen MR) is 86.4 cm³/mol. The monoisotopic (exact) mass is 301 g/mol. The van der Waals surface area contributed by atoms with Crippen LogP contribution in [0.3, 0.4) is 0 Å². The Morgan fingerprint density at radius 1 is 1.29 bits per heavy atom. The normalized spacial score (nSPS) is 15.3. The Bertz CT molecular complexity index is 639. The van der Waals surface area contributed by atoms with Gasteiger partial charge < -0.3 is 10.4 Å². The number of rotatable bonds is 4. The third-order valence-electron chi connectivity index (χ3n) is 3.94. The minimum Gasteiger partial charge on any atom is -0.478 e. The summed E-state index contributed by atoms with van der Waals surface area (Å²) in [7, 11) is 0. The number of carboxylic acids is 1. The highest BCUT2D eigenvalue weighted by atomic mass is 32.1. The van der Waals surface area contributed by atoms with Gasteiger partial charge >= 0.3 is 5.97 Å². The van der Waals surface area contributed by atoms with Gasteiger partial charge in [0.1, 0.15) is 0 Å². The Balaban J connectivity index is 1.76. The number of anilines is 1. The van der Waals surface area contributed by atoms with Crippen LogP contribution in [0.5, 0.6) is 0 Å². The molecule has 0 bridgehead atoms. The molecule has 0 saturated carbocycles. The molecule has 3 rings (SSSR count). The maximum Gasteiger partial charge on any atom is 0.335 e. The molecule has 2 N–H and O–H groups in total. The summed E-state index contributed by atoms with van der Waals surface area (Å²) in [5.74, 6) is -0.891. The molecule has 0 spiro atoms. The SMILES string of the molecule is CC(Nc1cccc(C(=O)O)c1)c1cc2c(s1)CCCC2. The average Bonchev–Trinajstić information content (AvgIpc) is 2.91. The highest BCUT2D eigenvalue weighted by molar-refractivity contribution is 7.12. The van der Waals surface area contributed by atoms with Crippen LogP contribution in [0.2, 0.25) is 0 Å². The molecule has 3 nitrogen and oxygen atoms in total. The van der Waals surface area contributed by atoms with Gasteiger partial charge in [-0.25, -0.2) is 4.79 Å². The second-order valence-corrected chi connectivity index (χ2v) is 6.72. The Labute approximate surface area is 128 Å². The lowest BCUT2D eigenvalue weighted by Crippen LogP contribution is -2.06. The summed E-state index contributed by atoms with van der Waals surface area (Å²) < 4.78 is 0. The maximum absolute atomic E-state index is 11.0. The number of benzene rings is 1. The summed E-state index contributed by atoms with van der Waals surface area (Å²) in [5.41, 5.74) is 2.68. The molecule has 0 amide bonds. The van der Waals surface area contributed by atoms with Crippen molar-refractivity contribution in [2.24, 2.45) is 0 Å². The predicted octanol–water partition coefficient (Wildman–Crippen LogP) is 4.50. The van der Waals surface area contributed by atoms with Crippen molar-refractivity contribution in [3.05, 3.63) is 51.2 Å². The Kier molecular flexibility index (Phi) is 3.97. The topological polar surface area (TPSA) is 49.3 Å². The molecule has 1 heterocycles. The van der Waals surface area contributed by atoms with Gasteiger partial charge in [0, 0.05) is 15.4 Å². The molecule has 2 aromatic rings. The minimum atomic E-state index is -0.891. The van der Waals surface area contributed by atoms with Crippen LogP contribution in [0.25, 0.3) is 0 Å². The third-order valence-corrected chi connectivity index (χ3v) is 5.35. The Morgan fingerprint density at radius 2 is 2.10 bits per heavy atom. The maximum atomic E-state index is 11.0. The molecule has 0 saturated heterocycles. The summed E-state index contributed by atoms with van der Waals surface area (Å²) in [5, 5.41) is 12.5. The van der Waals surface area contributed by atoms with Crippen molar-refractivity contribution in [2.45, 2.75) is 38.6 Å². The van der Waals surface area contributed by atoms with Crippen LogP contribution in [0.1, 0.15) is 51.5 Å². The number of fused-ring (bicyclic) bond motifs is 1. The molecular weight excluding hydrogens is 282 g/mol. The molecule has 1 aromatic heterocycles. The van der Waals surface area contributed by atoms with Gasteiger partial charge in [0.15, 0.2) is 0 Å². The molecule has 1 atom stereocenters. The molecule has 0 fully saturated rings. The van der Waals surface area contributed by atoms with Crippen molar-refractivity contribution >= 4 is 23.0 Å². The fourth-order valence-electron chi connectivity index (χ4n) is 2.79. The van der Waals surface area contributed by atoms with E-state index < -0.39 is 5.97 Å². The summed E-state index contributed by atoms with van der Waals surface area (Å²) in [6, 6.07) is 9.50. The van der Waals surface area contributed by atoms with Crippen LogP contribution < -0.4 is 5.32 Å². The summed E-state index contributed by atoms with van der Waals surface area (Å²) in [6.07, 6.45) is 5.01. The zero-order valence-electron chi connectivity index (χ0n) is 12.1. The van der Waals surface area contributed by atoms with Crippen LogP contribution in [-0.4, -0.2) is 11.1 Å². The minimum absolute atomic E-state index is 0.199. The van der Waals surface area contributed by atoms with E-state index in [2.05, 4.69) is 18.3 Å². The van der Waals surface area contributed by atoms with Crippen molar-refractivity contribution < 1.29 is 9.90 Å². The first kappa shape index (κ1) is 14.1. The number of aromatic carboxylic acids is 1. The van der Waals surface area contributed by atoms with Crippen molar-refractivity contribution in [3.63, 3.8) is 0 Å². The lowest BCUT2D eigenvalue weighted by Gasteiger charge is -2.14. The van der Waals surface area contributed by atoms with Crippen molar-refractivity contribution in [2.75, 3.05) is 5.32 Å². The van der Waals surface area contributed by atoms with Gasteiger partial charge in [0.05, 0.1) is 11.6 Å². The highest BCUT2D eigenvalue weighted by Crippen LogP contribution is 2.34. The number of aryl methyl sites for hydroxylation is 2. The first-order valence-corrected chi connectivity index (χ1v) is 8.16. The summed E-state index contributed by atoms with van der Waals surface area (Å²) in [4.78, 5) is 13.9. The van der Waals surface area contributed by atoms with E-state index in [1.165, 1.54) is 41.0 Å². The molecule has 1 aromatic carbocycles. The fraction of sp³-hybridized carbons (Fsp3) is 0.353. The van der Waals surface area contributed by atoms with E-state index in [4.69, 9.17) is 5.11 Å². The molecule has 1 aliphatic carbocycles. The van der Waals surface area contributed by atoms with Gasteiger partial charge in [0.25, 0.3) is 0 Å². The van der Waals surface area contributed by atoms with Gasteiger partial charge in [-0.15, -0.1) is 11.3 Å². The van der Waals surface area contributed by atoms with E-state index in [0.29, 0.717) is 5.56 Å². The van der Waals surface area contributed by atoms with E-state index in [-0.39, 0.29) is 6.04 Å². The number of carbonyl (C=O) groups is 1. The first-order chi connectivity index (χ1) is 10.1. The zero-order valence-corrected chi connectivity index (χ0v) is 12.9. The first-order valence-electron chi connectivity index (χ1n) is 7.35. The standard InChI is InChI=1S/C17H19NO2S/c1-11(16-10-12-5-2-3-8-15(12)21-16)18-14-7-4-6-13(9-14)17(19)20/h4,6-7,9-11,18H,2-3,5,8H2,1H3,(H,19,20). The Hall–Kier alpha value is -1.81. The Morgan fingerprint density at radius 3 is 2.86 bits per heavy atom. The van der Waals surface area contributed by atoms with Crippen LogP contribution in [0.15, 0.2) is 30.3 Å². The molecule has 110 valence electrons. The number of thiophene rings is 1. The molecule has 21 heavy (non-hydrogen) atoms. The second kappa shape index (κ2) is 5.90. The highest BCUT2D eigenvalue weighted by Gasteiger charge is 2.16. The lowest BCUT2D eigenvalue weighted by molar-refractivity contribution is 0.0697. The van der Waals surface area contributed by atoms with Crippen LogP contribution >= 0.6 is 11.3 Å². The number of hydrogen-bond donors (Lipinski definition) is 2. The molecular formula is C17H19NO2S. The zero-order chi connectivity index (χ0) is 14.8. The smallest absolute Gasteiger partial charge is 0.335 e. The average molecular weight is 301 g/mol. The van der Waals surface area contributed by atoms with Gasteiger partial charge in [-0.1, -0.05) is 6.07 Å². The number of nitrogens with one attached hydrogen (secondary N) is 1. The van der Waals surface area contributed by atoms with Crippen LogP contribution in [0.4, 0.5) is 5.69 Å². The van der Waals surface area contributed by atoms with Crippen LogP contribution in [-0.2, 0) is 12.8 Å². The van der Waals surface area contributed by atoms with E-state index in [1.54, 1.807) is 18.2 Å². The third kappa shape index (κ3) is 3.10. The van der Waals surface area contributed by atoms with Crippen molar-refractivity contribution in [3.8, 4) is 0 Å². The van der Waals surface area contributed by atoms with E-state index in [9.17, 15) is 4.79 Å². The fourth-order valence-corrected chi connectivity index (χ4v) is 4.05. The van der Waals surface area contributed by atoms with E-state index in [1.807, 2.05) is 17.4 Å². The molecule has 4 heteroatoms. The lowest BCUT2D eigenvalue weighted by atomic mass is 9.99. The summed E-state index contributed by atoms with van der Waals surface area (Å²) >= 11 is 1.89. The van der Waals surface area contributed by atoms with Gasteiger partial charge in [-0.2, -0.15) is 0 Å². The van der Waals surface area contributed by atoms with Gasteiger partial charge in [-0.3, -0.25) is 0 Å².